The van der Waals surface area contributed by atoms with Gasteiger partial charge in [-0.2, -0.15) is 0 Å². The molecule has 0 radical (unpaired) electrons. The maximum Gasteiger partial charge on any atom is -0.0250 e. The first-order valence-electron chi connectivity index (χ1n) is 8.42. The highest BCUT2D eigenvalue weighted by Crippen LogP contribution is 2.33. The molecule has 1 aliphatic rings. The summed E-state index contributed by atoms with van der Waals surface area (Å²) in [5, 5.41) is 0. The standard InChI is InChI=1S/C17H26.C2H6.H2O/c1-2-3-7-15-10-12-17(13-11-15)14-16-8-5-4-6-9-16;1-2;/h4-6,8-9,15,17H,2-3,7,10-14H2,1H3;1-2H3;1H2. The Labute approximate surface area is 126 Å². The number of hydrogen-bond acceptors (Lipinski definition) is 0. The predicted octanol–water partition coefficient (Wildman–Crippen LogP) is 5.43. The Morgan fingerprint density at radius 2 is 1.45 bits per heavy atom. The second kappa shape index (κ2) is 12.0. The van der Waals surface area contributed by atoms with Crippen LogP contribution in [-0.2, 0) is 6.42 Å². The molecule has 0 aromatic heterocycles. The minimum Gasteiger partial charge on any atom is -0.412 e. The first-order valence-corrected chi connectivity index (χ1v) is 8.42. The van der Waals surface area contributed by atoms with Crippen LogP contribution in [-0.4, -0.2) is 5.48 Å². The number of hydrogen-bond donors (Lipinski definition) is 0. The maximum atomic E-state index is 2.31. The molecule has 0 heterocycles. The summed E-state index contributed by atoms with van der Waals surface area (Å²) in [5.74, 6) is 2.00. The Morgan fingerprint density at radius 3 is 2.00 bits per heavy atom. The van der Waals surface area contributed by atoms with E-state index in [9.17, 15) is 0 Å². The third-order valence-electron chi connectivity index (χ3n) is 4.30. The maximum absolute atomic E-state index is 2.31. The third-order valence-corrected chi connectivity index (χ3v) is 4.30. The molecule has 0 saturated heterocycles. The Bertz CT molecular complexity index is 299. The first kappa shape index (κ1) is 19.2. The molecule has 1 heteroatoms. The SMILES string of the molecule is CC.CCCCC1CCC(Cc2ccccc2)CC1.O. The fourth-order valence-corrected chi connectivity index (χ4v) is 3.16. The van der Waals surface area contributed by atoms with E-state index in [1.165, 1.54) is 56.9 Å². The minimum atomic E-state index is 0. The van der Waals surface area contributed by atoms with E-state index in [4.69, 9.17) is 0 Å². The van der Waals surface area contributed by atoms with Crippen molar-refractivity contribution in [3.8, 4) is 0 Å². The van der Waals surface area contributed by atoms with Gasteiger partial charge in [0.1, 0.15) is 0 Å². The van der Waals surface area contributed by atoms with Crippen LogP contribution in [0.25, 0.3) is 0 Å². The average Bonchev–Trinajstić information content (AvgIpc) is 2.50. The van der Waals surface area contributed by atoms with Gasteiger partial charge in [-0.25, -0.2) is 0 Å². The minimum absolute atomic E-state index is 0. The average molecular weight is 278 g/mol. The zero-order valence-electron chi connectivity index (χ0n) is 13.7. The molecule has 0 spiro atoms. The largest absolute Gasteiger partial charge is 0.412 e. The molecule has 0 aliphatic heterocycles. The van der Waals surface area contributed by atoms with Crippen LogP contribution in [0.3, 0.4) is 0 Å². The molecule has 0 atom stereocenters. The van der Waals surface area contributed by atoms with Gasteiger partial charge in [-0.1, -0.05) is 83.2 Å². The van der Waals surface area contributed by atoms with Crippen molar-refractivity contribution in [2.75, 3.05) is 0 Å². The Hall–Kier alpha value is -0.820. The molecule has 2 N–H and O–H groups in total. The normalized spacial score (nSPS) is 21.4. The van der Waals surface area contributed by atoms with E-state index >= 15 is 0 Å². The quantitative estimate of drug-likeness (QED) is 0.688. The fraction of sp³-hybridized carbons (Fsp3) is 0.684. The summed E-state index contributed by atoms with van der Waals surface area (Å²) in [7, 11) is 0. The topological polar surface area (TPSA) is 31.5 Å². The molecule has 1 aliphatic carbocycles. The van der Waals surface area contributed by atoms with Crippen molar-refractivity contribution >= 4 is 0 Å². The van der Waals surface area contributed by atoms with Crippen LogP contribution in [0.4, 0.5) is 0 Å². The molecule has 1 aromatic carbocycles. The van der Waals surface area contributed by atoms with Crippen molar-refractivity contribution in [3.05, 3.63) is 35.9 Å². The van der Waals surface area contributed by atoms with Gasteiger partial charge >= 0.3 is 0 Å². The highest BCUT2D eigenvalue weighted by molar-refractivity contribution is 5.15. The molecule has 1 fully saturated rings. The lowest BCUT2D eigenvalue weighted by Crippen LogP contribution is -2.16. The van der Waals surface area contributed by atoms with Crippen molar-refractivity contribution in [1.82, 2.24) is 0 Å². The number of unbranched alkanes of at least 4 members (excludes halogenated alkanes) is 1. The van der Waals surface area contributed by atoms with Gasteiger partial charge in [0.25, 0.3) is 0 Å². The second-order valence-electron chi connectivity index (χ2n) is 5.72. The van der Waals surface area contributed by atoms with Crippen LogP contribution in [0, 0.1) is 11.8 Å². The Kier molecular flexibility index (Phi) is 11.5. The summed E-state index contributed by atoms with van der Waals surface area (Å²) >= 11 is 0. The van der Waals surface area contributed by atoms with E-state index in [0.29, 0.717) is 0 Å². The smallest absolute Gasteiger partial charge is 0.0250 e. The summed E-state index contributed by atoms with van der Waals surface area (Å²) in [4.78, 5) is 0. The zero-order valence-corrected chi connectivity index (χ0v) is 13.7. The van der Waals surface area contributed by atoms with Gasteiger partial charge in [-0.3, -0.25) is 0 Å². The van der Waals surface area contributed by atoms with Crippen LogP contribution in [0.2, 0.25) is 0 Å². The third kappa shape index (κ3) is 7.09. The van der Waals surface area contributed by atoms with Gasteiger partial charge in [0.2, 0.25) is 0 Å². The summed E-state index contributed by atoms with van der Waals surface area (Å²) in [6, 6.07) is 11.0. The van der Waals surface area contributed by atoms with E-state index in [1.54, 1.807) is 0 Å². The van der Waals surface area contributed by atoms with E-state index < -0.39 is 0 Å². The number of rotatable bonds is 5. The highest BCUT2D eigenvalue weighted by atomic mass is 16.0. The molecular formula is C19H34O. The molecule has 0 amide bonds. The molecule has 0 unspecified atom stereocenters. The highest BCUT2D eigenvalue weighted by Gasteiger charge is 2.20. The van der Waals surface area contributed by atoms with Crippen LogP contribution in [0.15, 0.2) is 30.3 Å². The van der Waals surface area contributed by atoms with Crippen molar-refractivity contribution in [3.63, 3.8) is 0 Å². The van der Waals surface area contributed by atoms with Crippen LogP contribution < -0.4 is 0 Å². The van der Waals surface area contributed by atoms with Crippen LogP contribution in [0.5, 0.6) is 0 Å². The van der Waals surface area contributed by atoms with Gasteiger partial charge in [0.05, 0.1) is 0 Å². The number of benzene rings is 1. The van der Waals surface area contributed by atoms with Gasteiger partial charge in [0, 0.05) is 0 Å². The molecule has 20 heavy (non-hydrogen) atoms. The van der Waals surface area contributed by atoms with Crippen molar-refractivity contribution in [2.24, 2.45) is 11.8 Å². The fourth-order valence-electron chi connectivity index (χ4n) is 3.16. The molecule has 2 rings (SSSR count). The molecule has 1 saturated carbocycles. The van der Waals surface area contributed by atoms with Crippen LogP contribution >= 0.6 is 0 Å². The van der Waals surface area contributed by atoms with E-state index in [0.717, 1.165) is 11.8 Å². The van der Waals surface area contributed by atoms with Gasteiger partial charge in [-0.15, -0.1) is 0 Å². The molecule has 1 nitrogen and oxygen atoms in total. The zero-order chi connectivity index (χ0) is 13.9. The Morgan fingerprint density at radius 1 is 0.900 bits per heavy atom. The summed E-state index contributed by atoms with van der Waals surface area (Å²) in [5.41, 5.74) is 1.53. The van der Waals surface area contributed by atoms with Crippen LogP contribution in [0.1, 0.15) is 71.3 Å². The monoisotopic (exact) mass is 278 g/mol. The van der Waals surface area contributed by atoms with Crippen molar-refractivity contribution in [2.45, 2.75) is 72.1 Å². The molecule has 1 aromatic rings. The Balaban J connectivity index is 0.00000115. The molecule has 116 valence electrons. The lowest BCUT2D eigenvalue weighted by Gasteiger charge is -2.28. The second-order valence-corrected chi connectivity index (χ2v) is 5.72. The van der Waals surface area contributed by atoms with Gasteiger partial charge < -0.3 is 5.48 Å². The first-order chi connectivity index (χ1) is 9.38. The lowest BCUT2D eigenvalue weighted by molar-refractivity contribution is 0.258. The predicted molar refractivity (Wildman–Crippen MR) is 90.1 cm³/mol. The van der Waals surface area contributed by atoms with E-state index in [1.807, 2.05) is 13.8 Å². The van der Waals surface area contributed by atoms with E-state index in [2.05, 4.69) is 37.3 Å². The van der Waals surface area contributed by atoms with Gasteiger partial charge in [-0.05, 0) is 36.7 Å². The summed E-state index contributed by atoms with van der Waals surface area (Å²) in [6.07, 6.45) is 11.5. The summed E-state index contributed by atoms with van der Waals surface area (Å²) in [6.45, 7) is 6.31. The molecule has 0 bridgehead atoms. The van der Waals surface area contributed by atoms with Gasteiger partial charge in [0.15, 0.2) is 0 Å². The van der Waals surface area contributed by atoms with Crippen molar-refractivity contribution < 1.29 is 5.48 Å². The van der Waals surface area contributed by atoms with Crippen molar-refractivity contribution in [1.29, 1.82) is 0 Å². The molecular weight excluding hydrogens is 244 g/mol. The summed E-state index contributed by atoms with van der Waals surface area (Å²) < 4.78 is 0. The lowest BCUT2D eigenvalue weighted by atomic mass is 9.77. The van der Waals surface area contributed by atoms with E-state index in [-0.39, 0.29) is 5.48 Å².